The lowest BCUT2D eigenvalue weighted by Gasteiger charge is -2.10. The van der Waals surface area contributed by atoms with Crippen molar-refractivity contribution >= 4 is 28.5 Å². The second-order valence-electron chi connectivity index (χ2n) is 5.61. The van der Waals surface area contributed by atoms with Crippen LogP contribution in [0.3, 0.4) is 0 Å². The van der Waals surface area contributed by atoms with Crippen molar-refractivity contribution in [2.75, 3.05) is 10.6 Å². The van der Waals surface area contributed by atoms with E-state index in [1.54, 1.807) is 24.5 Å². The fourth-order valence-corrected chi connectivity index (χ4v) is 2.39. The largest absolute Gasteiger partial charge is 0.360 e. The van der Waals surface area contributed by atoms with Crippen LogP contribution in [0.2, 0.25) is 0 Å². The minimum atomic E-state index is -2.66. The number of fused-ring (bicyclic) bond motifs is 1. The molecular weight excluding hydrogens is 302 g/mol. The lowest BCUT2D eigenvalue weighted by Crippen LogP contribution is -2.12. The minimum absolute atomic E-state index is 0.171. The van der Waals surface area contributed by atoms with Crippen molar-refractivity contribution in [2.24, 2.45) is 0 Å². The van der Waals surface area contributed by atoms with E-state index in [1.807, 2.05) is 13.0 Å². The number of halogens is 2. The molecule has 0 aromatic carbocycles. The molecular formula is C15H14F2N6. The average Bonchev–Trinajstić information content (AvgIpc) is 2.89. The van der Waals surface area contributed by atoms with Crippen molar-refractivity contribution in [1.29, 1.82) is 0 Å². The number of hydrogen-bond donors (Lipinski definition) is 3. The van der Waals surface area contributed by atoms with E-state index < -0.39 is 12.0 Å². The molecule has 118 valence electrons. The molecule has 0 saturated heterocycles. The number of aromatic amines is 1. The van der Waals surface area contributed by atoms with E-state index in [0.717, 1.165) is 11.4 Å². The van der Waals surface area contributed by atoms with Gasteiger partial charge in [-0.1, -0.05) is 0 Å². The highest BCUT2D eigenvalue weighted by atomic mass is 19.3. The third kappa shape index (κ3) is 2.67. The second-order valence-corrected chi connectivity index (χ2v) is 5.61. The van der Waals surface area contributed by atoms with Crippen LogP contribution in [-0.4, -0.2) is 31.9 Å². The summed E-state index contributed by atoms with van der Waals surface area (Å²) in [6, 6.07) is 4.53. The van der Waals surface area contributed by atoms with Gasteiger partial charge in [-0.25, -0.2) is 8.78 Å². The summed E-state index contributed by atoms with van der Waals surface area (Å²) in [7, 11) is 0. The van der Waals surface area contributed by atoms with Crippen molar-refractivity contribution in [3.05, 3.63) is 36.3 Å². The number of anilines is 3. The standard InChI is InChI=1S/C15H14F2N6/c1-8-6-9(2-4-18-8)20-14-22-12-10(3-5-19-12)13(23-14)21-11-7-15(11,16)17/h2-6,11H,7H2,1H3,(H3,18,19,20,21,22,23). The number of nitrogens with zero attached hydrogens (tertiary/aromatic N) is 3. The summed E-state index contributed by atoms with van der Waals surface area (Å²) < 4.78 is 26.3. The maximum atomic E-state index is 13.2. The highest BCUT2D eigenvalue weighted by Crippen LogP contribution is 2.44. The van der Waals surface area contributed by atoms with E-state index in [2.05, 4.69) is 30.6 Å². The Hall–Kier alpha value is -2.77. The monoisotopic (exact) mass is 316 g/mol. The van der Waals surface area contributed by atoms with Crippen LogP contribution in [0.4, 0.5) is 26.2 Å². The molecule has 1 aliphatic rings. The molecule has 1 fully saturated rings. The molecule has 0 bridgehead atoms. The normalized spacial score (nSPS) is 18.8. The zero-order valence-corrected chi connectivity index (χ0v) is 12.3. The first-order valence-electron chi connectivity index (χ1n) is 7.20. The molecule has 3 aromatic rings. The van der Waals surface area contributed by atoms with Gasteiger partial charge in [0.05, 0.1) is 11.4 Å². The zero-order chi connectivity index (χ0) is 16.0. The average molecular weight is 316 g/mol. The van der Waals surface area contributed by atoms with Crippen molar-refractivity contribution in [1.82, 2.24) is 19.9 Å². The van der Waals surface area contributed by atoms with Gasteiger partial charge in [-0.15, -0.1) is 0 Å². The Labute approximate surface area is 130 Å². The first-order chi connectivity index (χ1) is 11.0. The summed E-state index contributed by atoms with van der Waals surface area (Å²) in [5.74, 6) is -1.94. The van der Waals surface area contributed by atoms with Crippen molar-refractivity contribution < 1.29 is 8.78 Å². The molecule has 0 radical (unpaired) electrons. The van der Waals surface area contributed by atoms with E-state index in [1.165, 1.54) is 0 Å². The first-order valence-corrected chi connectivity index (χ1v) is 7.20. The Morgan fingerprint density at radius 3 is 2.87 bits per heavy atom. The van der Waals surface area contributed by atoms with Gasteiger partial charge in [-0.05, 0) is 25.1 Å². The summed E-state index contributed by atoms with van der Waals surface area (Å²) in [6.07, 6.45) is 3.21. The molecule has 3 N–H and O–H groups in total. The third-order valence-electron chi connectivity index (χ3n) is 3.71. The van der Waals surface area contributed by atoms with E-state index in [-0.39, 0.29) is 6.42 Å². The molecule has 1 unspecified atom stereocenters. The zero-order valence-electron chi connectivity index (χ0n) is 12.3. The second kappa shape index (κ2) is 4.87. The summed E-state index contributed by atoms with van der Waals surface area (Å²) in [6.45, 7) is 1.88. The first kappa shape index (κ1) is 13.9. The Balaban J connectivity index is 1.67. The van der Waals surface area contributed by atoms with Gasteiger partial charge in [0.15, 0.2) is 0 Å². The Morgan fingerprint density at radius 2 is 2.13 bits per heavy atom. The topological polar surface area (TPSA) is 78.5 Å². The van der Waals surface area contributed by atoms with Crippen LogP contribution in [0, 0.1) is 6.92 Å². The number of H-pyrrole nitrogens is 1. The van der Waals surface area contributed by atoms with Crippen LogP contribution >= 0.6 is 0 Å². The Morgan fingerprint density at radius 1 is 1.30 bits per heavy atom. The molecule has 8 heteroatoms. The number of hydrogen-bond acceptors (Lipinski definition) is 5. The van der Waals surface area contributed by atoms with Gasteiger partial charge in [0, 0.05) is 30.2 Å². The number of aryl methyl sites for hydroxylation is 1. The SMILES string of the molecule is Cc1cc(Nc2nc(NC3CC3(F)F)c3cc[nH]c3n2)ccn1. The van der Waals surface area contributed by atoms with Crippen LogP contribution in [0.1, 0.15) is 12.1 Å². The summed E-state index contributed by atoms with van der Waals surface area (Å²) in [5.41, 5.74) is 2.22. The molecule has 4 rings (SSSR count). The van der Waals surface area contributed by atoms with Gasteiger partial charge in [0.25, 0.3) is 5.92 Å². The number of aromatic nitrogens is 4. The van der Waals surface area contributed by atoms with Crippen molar-refractivity contribution in [3.8, 4) is 0 Å². The predicted octanol–water partition coefficient (Wildman–Crippen LogP) is 3.22. The van der Waals surface area contributed by atoms with Gasteiger partial charge < -0.3 is 15.6 Å². The predicted molar refractivity (Wildman–Crippen MR) is 83.1 cm³/mol. The third-order valence-corrected chi connectivity index (χ3v) is 3.71. The quantitative estimate of drug-likeness (QED) is 0.689. The molecule has 1 aliphatic carbocycles. The summed E-state index contributed by atoms with van der Waals surface area (Å²) in [5, 5.41) is 6.56. The van der Waals surface area contributed by atoms with Gasteiger partial charge in [0.1, 0.15) is 11.5 Å². The van der Waals surface area contributed by atoms with Gasteiger partial charge in [-0.3, -0.25) is 4.98 Å². The van der Waals surface area contributed by atoms with Crippen LogP contribution in [0.25, 0.3) is 11.0 Å². The molecule has 1 atom stereocenters. The number of pyridine rings is 1. The number of rotatable bonds is 4. The highest BCUT2D eigenvalue weighted by molar-refractivity contribution is 5.88. The Kier molecular flexibility index (Phi) is 2.93. The fourth-order valence-electron chi connectivity index (χ4n) is 2.39. The van der Waals surface area contributed by atoms with Crippen molar-refractivity contribution in [2.45, 2.75) is 25.3 Å². The maximum Gasteiger partial charge on any atom is 0.270 e. The van der Waals surface area contributed by atoms with Crippen molar-refractivity contribution in [3.63, 3.8) is 0 Å². The van der Waals surface area contributed by atoms with Crippen LogP contribution < -0.4 is 10.6 Å². The molecule has 0 aliphatic heterocycles. The van der Waals surface area contributed by atoms with Gasteiger partial charge >= 0.3 is 0 Å². The summed E-state index contributed by atoms with van der Waals surface area (Å²) >= 11 is 0. The Bertz CT molecular complexity index is 875. The molecule has 23 heavy (non-hydrogen) atoms. The molecule has 1 saturated carbocycles. The molecule has 6 nitrogen and oxygen atoms in total. The molecule has 0 spiro atoms. The molecule has 3 aromatic heterocycles. The van der Waals surface area contributed by atoms with Crippen LogP contribution in [0.15, 0.2) is 30.6 Å². The van der Waals surface area contributed by atoms with E-state index in [4.69, 9.17) is 0 Å². The van der Waals surface area contributed by atoms with E-state index >= 15 is 0 Å². The fraction of sp³-hybridized carbons (Fsp3) is 0.267. The number of alkyl halides is 2. The van der Waals surface area contributed by atoms with E-state index in [0.29, 0.717) is 22.8 Å². The lowest BCUT2D eigenvalue weighted by molar-refractivity contribution is 0.115. The highest BCUT2D eigenvalue weighted by Gasteiger charge is 2.57. The lowest BCUT2D eigenvalue weighted by atomic mass is 10.3. The van der Waals surface area contributed by atoms with Crippen LogP contribution in [0.5, 0.6) is 0 Å². The van der Waals surface area contributed by atoms with Gasteiger partial charge in [0.2, 0.25) is 5.95 Å². The van der Waals surface area contributed by atoms with E-state index in [9.17, 15) is 8.78 Å². The van der Waals surface area contributed by atoms with Gasteiger partial charge in [-0.2, -0.15) is 9.97 Å². The number of nitrogens with one attached hydrogen (secondary N) is 3. The minimum Gasteiger partial charge on any atom is -0.360 e. The smallest absolute Gasteiger partial charge is 0.270 e. The summed E-state index contributed by atoms with van der Waals surface area (Å²) in [4.78, 5) is 15.8. The molecule has 0 amide bonds. The van der Waals surface area contributed by atoms with Crippen LogP contribution in [-0.2, 0) is 0 Å². The molecule has 3 heterocycles. The maximum absolute atomic E-state index is 13.2.